The molecule has 0 saturated carbocycles. The van der Waals surface area contributed by atoms with Gasteiger partial charge in [-0.15, -0.1) is 6.42 Å². The second kappa shape index (κ2) is 6.66. The number of aromatic hydroxyl groups is 2. The quantitative estimate of drug-likeness (QED) is 0.459. The van der Waals surface area contributed by atoms with Crippen molar-refractivity contribution in [3.8, 4) is 23.8 Å². The highest BCUT2D eigenvalue weighted by atomic mass is 16.3. The molecule has 0 radical (unpaired) electrons. The van der Waals surface area contributed by atoms with Gasteiger partial charge in [0.25, 0.3) is 0 Å². The van der Waals surface area contributed by atoms with Crippen LogP contribution in [-0.4, -0.2) is 28.2 Å². The van der Waals surface area contributed by atoms with Crippen molar-refractivity contribution in [3.05, 3.63) is 23.8 Å². The van der Waals surface area contributed by atoms with E-state index in [9.17, 15) is 15.0 Å². The molecular weight excluding hydrogens is 244 g/mol. The first-order valence-electron chi connectivity index (χ1n) is 6.00. The van der Waals surface area contributed by atoms with E-state index in [1.807, 2.05) is 6.92 Å². The number of rotatable bonds is 5. The van der Waals surface area contributed by atoms with E-state index in [4.69, 9.17) is 12.2 Å². The molecule has 102 valence electrons. The van der Waals surface area contributed by atoms with Crippen LogP contribution in [0.4, 0.5) is 0 Å². The zero-order valence-electron chi connectivity index (χ0n) is 10.8. The molecule has 1 rings (SSSR count). The number of nitrogens with one attached hydrogen (secondary N) is 1. The van der Waals surface area contributed by atoms with Gasteiger partial charge < -0.3 is 21.3 Å². The summed E-state index contributed by atoms with van der Waals surface area (Å²) in [6, 6.07) is 3.24. The van der Waals surface area contributed by atoms with E-state index in [-0.39, 0.29) is 29.9 Å². The van der Waals surface area contributed by atoms with Crippen molar-refractivity contribution in [2.75, 3.05) is 0 Å². The molecule has 1 unspecified atom stereocenters. The van der Waals surface area contributed by atoms with Crippen LogP contribution in [0.5, 0.6) is 11.5 Å². The molecule has 5 nitrogen and oxygen atoms in total. The first-order chi connectivity index (χ1) is 8.97. The van der Waals surface area contributed by atoms with E-state index in [0.29, 0.717) is 12.0 Å². The number of benzene rings is 1. The zero-order valence-corrected chi connectivity index (χ0v) is 10.8. The van der Waals surface area contributed by atoms with Gasteiger partial charge in [0.2, 0.25) is 5.91 Å². The maximum Gasteiger partial charge on any atom is 0.238 e. The Labute approximate surface area is 112 Å². The van der Waals surface area contributed by atoms with Gasteiger partial charge in [-0.05, 0) is 30.5 Å². The summed E-state index contributed by atoms with van der Waals surface area (Å²) in [7, 11) is 0. The molecule has 0 spiro atoms. The molecule has 0 bridgehead atoms. The average molecular weight is 262 g/mol. The van der Waals surface area contributed by atoms with Gasteiger partial charge in [0.15, 0.2) is 11.5 Å². The first kappa shape index (κ1) is 14.9. The summed E-state index contributed by atoms with van der Waals surface area (Å²) in [6.45, 7) is 1.87. The van der Waals surface area contributed by atoms with Crippen molar-refractivity contribution in [1.82, 2.24) is 5.32 Å². The SMILES string of the molecule is C#CC(CC)NC(=O)[C@@H](N)Cc1ccc(O)c(O)c1. The largest absolute Gasteiger partial charge is 0.504 e. The lowest BCUT2D eigenvalue weighted by molar-refractivity contribution is -0.122. The number of carbonyl (C=O) groups is 1. The van der Waals surface area contributed by atoms with Crippen LogP contribution < -0.4 is 11.1 Å². The molecule has 0 aliphatic carbocycles. The van der Waals surface area contributed by atoms with Crippen molar-refractivity contribution in [2.24, 2.45) is 5.73 Å². The van der Waals surface area contributed by atoms with Gasteiger partial charge in [-0.1, -0.05) is 18.9 Å². The molecule has 1 aromatic carbocycles. The Balaban J connectivity index is 2.63. The minimum Gasteiger partial charge on any atom is -0.504 e. The summed E-state index contributed by atoms with van der Waals surface area (Å²) in [4.78, 5) is 11.8. The van der Waals surface area contributed by atoms with Gasteiger partial charge in [0.1, 0.15) is 0 Å². The maximum absolute atomic E-state index is 11.8. The van der Waals surface area contributed by atoms with E-state index in [1.54, 1.807) is 6.07 Å². The molecule has 19 heavy (non-hydrogen) atoms. The number of nitrogens with two attached hydrogens (primary N) is 1. The van der Waals surface area contributed by atoms with Crippen molar-refractivity contribution in [2.45, 2.75) is 31.8 Å². The molecule has 0 aromatic heterocycles. The third-order valence-electron chi connectivity index (χ3n) is 2.76. The fourth-order valence-corrected chi connectivity index (χ4v) is 1.58. The van der Waals surface area contributed by atoms with Crippen LogP contribution in [-0.2, 0) is 11.2 Å². The second-order valence-corrected chi connectivity index (χ2v) is 4.27. The average Bonchev–Trinajstić information content (AvgIpc) is 2.39. The molecule has 2 atom stereocenters. The van der Waals surface area contributed by atoms with Gasteiger partial charge >= 0.3 is 0 Å². The molecule has 0 saturated heterocycles. The lowest BCUT2D eigenvalue weighted by atomic mass is 10.0. The standard InChI is InChI=1S/C14H18N2O3/c1-3-10(4-2)16-14(19)11(15)7-9-5-6-12(17)13(18)8-9/h1,5-6,8,10-11,17-18H,4,7,15H2,2H3,(H,16,19)/t10?,11-/m0/s1. The number of hydrogen-bond donors (Lipinski definition) is 4. The maximum atomic E-state index is 11.8. The predicted octanol–water partition coefficient (Wildman–Crippen LogP) is 0.496. The fourth-order valence-electron chi connectivity index (χ4n) is 1.58. The summed E-state index contributed by atoms with van der Waals surface area (Å²) in [5, 5.41) is 21.2. The van der Waals surface area contributed by atoms with Crippen LogP contribution in [0, 0.1) is 12.3 Å². The minimum absolute atomic E-state index is 0.208. The molecule has 0 fully saturated rings. The Kier molecular flexibility index (Phi) is 5.22. The van der Waals surface area contributed by atoms with E-state index >= 15 is 0 Å². The topological polar surface area (TPSA) is 95.6 Å². The number of hydrogen-bond acceptors (Lipinski definition) is 4. The fraction of sp³-hybridized carbons (Fsp3) is 0.357. The third-order valence-corrected chi connectivity index (χ3v) is 2.76. The smallest absolute Gasteiger partial charge is 0.238 e. The normalized spacial score (nSPS) is 13.3. The van der Waals surface area contributed by atoms with Crippen LogP contribution in [0.1, 0.15) is 18.9 Å². The summed E-state index contributed by atoms with van der Waals surface area (Å²) in [5.74, 6) is 1.68. The highest BCUT2D eigenvalue weighted by molar-refractivity contribution is 5.82. The van der Waals surface area contributed by atoms with Gasteiger partial charge in [0, 0.05) is 0 Å². The molecule has 5 N–H and O–H groups in total. The molecule has 0 aliphatic heterocycles. The Morgan fingerprint density at radius 2 is 2.16 bits per heavy atom. The van der Waals surface area contributed by atoms with E-state index in [0.717, 1.165) is 0 Å². The predicted molar refractivity (Wildman–Crippen MR) is 72.5 cm³/mol. The highest BCUT2D eigenvalue weighted by Crippen LogP contribution is 2.25. The van der Waals surface area contributed by atoms with Crippen LogP contribution >= 0.6 is 0 Å². The van der Waals surface area contributed by atoms with Crippen molar-refractivity contribution >= 4 is 5.91 Å². The molecule has 0 heterocycles. The molecule has 1 amide bonds. The van der Waals surface area contributed by atoms with E-state index in [2.05, 4.69) is 11.2 Å². The number of carbonyl (C=O) groups excluding carboxylic acids is 1. The van der Waals surface area contributed by atoms with Gasteiger partial charge in [0.05, 0.1) is 12.1 Å². The highest BCUT2D eigenvalue weighted by Gasteiger charge is 2.17. The zero-order chi connectivity index (χ0) is 14.4. The lowest BCUT2D eigenvalue weighted by Gasteiger charge is -2.16. The Morgan fingerprint density at radius 3 is 2.68 bits per heavy atom. The van der Waals surface area contributed by atoms with Gasteiger partial charge in [-0.25, -0.2) is 0 Å². The van der Waals surface area contributed by atoms with E-state index < -0.39 is 6.04 Å². The summed E-state index contributed by atoms with van der Waals surface area (Å²) in [6.07, 6.45) is 6.14. The van der Waals surface area contributed by atoms with Crippen molar-refractivity contribution in [1.29, 1.82) is 0 Å². The molecular formula is C14H18N2O3. The van der Waals surface area contributed by atoms with E-state index in [1.165, 1.54) is 12.1 Å². The van der Waals surface area contributed by atoms with Crippen LogP contribution in [0.15, 0.2) is 18.2 Å². The second-order valence-electron chi connectivity index (χ2n) is 4.27. The lowest BCUT2D eigenvalue weighted by Crippen LogP contribution is -2.45. The summed E-state index contributed by atoms with van der Waals surface area (Å²) >= 11 is 0. The number of phenolic OH excluding ortho intramolecular Hbond substituents is 2. The molecule has 1 aromatic rings. The van der Waals surface area contributed by atoms with Crippen LogP contribution in [0.3, 0.4) is 0 Å². The first-order valence-corrected chi connectivity index (χ1v) is 6.00. The Bertz CT molecular complexity index is 494. The summed E-state index contributed by atoms with van der Waals surface area (Å²) < 4.78 is 0. The monoisotopic (exact) mass is 262 g/mol. The molecule has 0 aliphatic rings. The number of phenols is 2. The van der Waals surface area contributed by atoms with Gasteiger partial charge in [-0.2, -0.15) is 0 Å². The Morgan fingerprint density at radius 1 is 1.47 bits per heavy atom. The molecule has 5 heteroatoms. The minimum atomic E-state index is -0.758. The third kappa shape index (κ3) is 4.19. The van der Waals surface area contributed by atoms with Crippen LogP contribution in [0.2, 0.25) is 0 Å². The van der Waals surface area contributed by atoms with Gasteiger partial charge in [-0.3, -0.25) is 4.79 Å². The Hall–Kier alpha value is -2.19. The number of amides is 1. The number of terminal acetylenes is 1. The summed E-state index contributed by atoms with van der Waals surface area (Å²) in [5.41, 5.74) is 6.43. The van der Waals surface area contributed by atoms with Crippen molar-refractivity contribution in [3.63, 3.8) is 0 Å². The van der Waals surface area contributed by atoms with Crippen LogP contribution in [0.25, 0.3) is 0 Å². The van der Waals surface area contributed by atoms with Crippen molar-refractivity contribution < 1.29 is 15.0 Å².